The Bertz CT molecular complexity index is 1490. The summed E-state index contributed by atoms with van der Waals surface area (Å²) in [5.41, 5.74) is 0.804. The predicted molar refractivity (Wildman–Crippen MR) is 127 cm³/mol. The molecule has 0 saturated heterocycles. The Kier molecular flexibility index (Phi) is 7.22. The van der Waals surface area contributed by atoms with Gasteiger partial charge in [-0.25, -0.2) is 4.98 Å². The monoisotopic (exact) mass is 537 g/mol. The van der Waals surface area contributed by atoms with Crippen LogP contribution in [0.4, 0.5) is 18.9 Å². The molecule has 2 N–H and O–H groups in total. The number of halogens is 3. The average Bonchev–Trinajstić information content (AvgIpc) is 3.45. The number of hydrogen-bond acceptors (Lipinski definition) is 7. The van der Waals surface area contributed by atoms with Crippen molar-refractivity contribution in [2.24, 2.45) is 0 Å². The van der Waals surface area contributed by atoms with Crippen molar-refractivity contribution in [2.45, 2.75) is 45.4 Å². The van der Waals surface area contributed by atoms with Crippen LogP contribution >= 0.6 is 8.25 Å². The van der Waals surface area contributed by atoms with Crippen LogP contribution in [0.3, 0.4) is 0 Å². The van der Waals surface area contributed by atoms with Crippen LogP contribution in [-0.4, -0.2) is 42.1 Å². The second kappa shape index (κ2) is 10.1. The van der Waals surface area contributed by atoms with Crippen LogP contribution in [0.15, 0.2) is 47.2 Å². The summed E-state index contributed by atoms with van der Waals surface area (Å²) >= 11 is 0. The minimum Gasteiger partial charge on any atom is -0.339 e. The summed E-state index contributed by atoms with van der Waals surface area (Å²) < 4.78 is 62.1. The zero-order valence-electron chi connectivity index (χ0n) is 20.0. The first-order valence-electron chi connectivity index (χ1n) is 11.0. The third-order valence-corrected chi connectivity index (χ3v) is 6.47. The van der Waals surface area contributed by atoms with Crippen molar-refractivity contribution in [3.63, 3.8) is 0 Å². The van der Waals surface area contributed by atoms with E-state index in [2.05, 4.69) is 25.0 Å². The molecule has 4 rings (SSSR count). The van der Waals surface area contributed by atoms with Gasteiger partial charge in [-0.15, -0.1) is 0 Å². The number of nitrogens with zero attached hydrogens (tertiary/aromatic N) is 4. The van der Waals surface area contributed by atoms with Crippen LogP contribution < -0.4 is 5.32 Å². The molecule has 37 heavy (non-hydrogen) atoms. The minimum atomic E-state index is -4.89. The van der Waals surface area contributed by atoms with Gasteiger partial charge >= 0.3 is 14.4 Å². The predicted octanol–water partition coefficient (Wildman–Crippen LogP) is 4.91. The van der Waals surface area contributed by atoms with Crippen molar-refractivity contribution in [1.29, 1.82) is 0 Å². The average molecular weight is 537 g/mol. The van der Waals surface area contributed by atoms with Crippen molar-refractivity contribution in [1.82, 2.24) is 19.5 Å². The van der Waals surface area contributed by atoms with Crippen LogP contribution in [0.5, 0.6) is 0 Å². The van der Waals surface area contributed by atoms with E-state index in [1.807, 2.05) is 19.1 Å². The van der Waals surface area contributed by atoms with E-state index in [9.17, 15) is 22.5 Å². The molecule has 3 heterocycles. The molecule has 3 aromatic heterocycles. The molecule has 4 aromatic rings. The molecule has 0 saturated carbocycles. The molecule has 0 spiro atoms. The topological polar surface area (TPSA) is 132 Å². The molecule has 0 aliphatic rings. The lowest BCUT2D eigenvalue weighted by Crippen LogP contribution is -2.43. The molecular formula is C23H23F3N5O5P. The highest BCUT2D eigenvalue weighted by Crippen LogP contribution is 2.42. The molecule has 0 fully saturated rings. The number of anilines is 1. The molecule has 196 valence electrons. The van der Waals surface area contributed by atoms with Gasteiger partial charge in [-0.3, -0.25) is 18.3 Å². The smallest absolute Gasteiger partial charge is 0.339 e. The summed E-state index contributed by atoms with van der Waals surface area (Å²) in [6.45, 7) is 4.40. The van der Waals surface area contributed by atoms with Crippen LogP contribution in [0.25, 0.3) is 17.0 Å². The molecule has 0 radical (unpaired) electrons. The Balaban J connectivity index is 1.51. The van der Waals surface area contributed by atoms with E-state index in [1.54, 1.807) is 35.7 Å². The van der Waals surface area contributed by atoms with Crippen LogP contribution in [-0.2, 0) is 15.5 Å². The van der Waals surface area contributed by atoms with Crippen molar-refractivity contribution in [3.05, 3.63) is 65.4 Å². The Morgan fingerprint density at radius 1 is 1.24 bits per heavy atom. The number of pyridine rings is 1. The number of hydrogen-bond donors (Lipinski definition) is 2. The van der Waals surface area contributed by atoms with Crippen molar-refractivity contribution >= 4 is 25.5 Å². The maximum atomic E-state index is 13.4. The number of aryl methyl sites for hydroxylation is 3. The van der Waals surface area contributed by atoms with E-state index in [4.69, 9.17) is 9.42 Å². The summed E-state index contributed by atoms with van der Waals surface area (Å²) in [6, 6.07) is 8.74. The van der Waals surface area contributed by atoms with E-state index in [0.29, 0.717) is 29.5 Å². The highest BCUT2D eigenvalue weighted by Gasteiger charge is 2.53. The van der Waals surface area contributed by atoms with E-state index in [-0.39, 0.29) is 24.0 Å². The standard InChI is InChI=1S/C23H23F3N5O5P/c1-13-7-9-31-17(12-27-18(31)10-13)21(32)28-16-11-15(5-4-14(16)2)20-29-19(35-30-20)6-8-22(3,23(24,25)26)36-37(33)34/h4-5,7,9-12,37H,6,8H2,1-3H3,(H,28,32)(H,33,34)/t22-/m0/s1. The third kappa shape index (κ3) is 5.74. The van der Waals surface area contributed by atoms with Gasteiger partial charge in [0.25, 0.3) is 5.91 Å². The summed E-state index contributed by atoms with van der Waals surface area (Å²) in [7, 11) is -3.84. The van der Waals surface area contributed by atoms with Gasteiger partial charge in [0.2, 0.25) is 11.7 Å². The number of carbonyl (C=O) groups is 1. The Hall–Kier alpha value is -3.54. The fraction of sp³-hybridized carbons (Fsp3) is 0.304. The summed E-state index contributed by atoms with van der Waals surface area (Å²) in [5, 5.41) is 6.66. The second-order valence-corrected chi connectivity index (χ2v) is 9.40. The van der Waals surface area contributed by atoms with Crippen LogP contribution in [0.2, 0.25) is 0 Å². The second-order valence-electron chi connectivity index (χ2n) is 8.67. The fourth-order valence-electron chi connectivity index (χ4n) is 3.60. The Labute approximate surface area is 209 Å². The summed E-state index contributed by atoms with van der Waals surface area (Å²) in [5.74, 6) is -0.403. The first-order valence-corrected chi connectivity index (χ1v) is 12.3. The first kappa shape index (κ1) is 26.5. The van der Waals surface area contributed by atoms with E-state index >= 15 is 0 Å². The highest BCUT2D eigenvalue weighted by atomic mass is 31.1. The maximum absolute atomic E-state index is 13.4. The molecular weight excluding hydrogens is 514 g/mol. The quantitative estimate of drug-likeness (QED) is 0.303. The number of aromatic nitrogens is 4. The normalized spacial score (nSPS) is 14.5. The number of fused-ring (bicyclic) bond motifs is 1. The number of alkyl halides is 3. The van der Waals surface area contributed by atoms with Gasteiger partial charge in [0.15, 0.2) is 5.60 Å². The summed E-state index contributed by atoms with van der Waals surface area (Å²) in [4.78, 5) is 30.2. The molecule has 1 amide bonds. The van der Waals surface area contributed by atoms with Gasteiger partial charge in [0, 0.05) is 23.9 Å². The van der Waals surface area contributed by atoms with Gasteiger partial charge in [-0.2, -0.15) is 18.2 Å². The van der Waals surface area contributed by atoms with Gasteiger partial charge in [-0.1, -0.05) is 17.3 Å². The summed E-state index contributed by atoms with van der Waals surface area (Å²) in [6.07, 6.45) is -2.71. The number of nitrogens with one attached hydrogen (secondary N) is 1. The third-order valence-electron chi connectivity index (χ3n) is 5.84. The van der Waals surface area contributed by atoms with Gasteiger partial charge in [-0.05, 0) is 56.5 Å². The van der Waals surface area contributed by atoms with Gasteiger partial charge < -0.3 is 14.7 Å². The lowest BCUT2D eigenvalue weighted by molar-refractivity contribution is -0.244. The Morgan fingerprint density at radius 2 is 2.00 bits per heavy atom. The number of carbonyl (C=O) groups excluding carboxylic acids is 1. The number of imidazole rings is 1. The molecule has 1 aromatic carbocycles. The van der Waals surface area contributed by atoms with E-state index in [1.165, 1.54) is 6.20 Å². The van der Waals surface area contributed by atoms with Crippen molar-refractivity contribution in [3.8, 4) is 11.4 Å². The van der Waals surface area contributed by atoms with Gasteiger partial charge in [0.05, 0.1) is 6.20 Å². The lowest BCUT2D eigenvalue weighted by Gasteiger charge is -2.30. The number of amides is 1. The molecule has 14 heteroatoms. The largest absolute Gasteiger partial charge is 0.417 e. The maximum Gasteiger partial charge on any atom is 0.417 e. The van der Waals surface area contributed by atoms with E-state index < -0.39 is 26.5 Å². The molecule has 0 bridgehead atoms. The van der Waals surface area contributed by atoms with Crippen molar-refractivity contribution in [2.75, 3.05) is 5.32 Å². The molecule has 0 aliphatic carbocycles. The number of rotatable bonds is 8. The van der Waals surface area contributed by atoms with Crippen molar-refractivity contribution < 1.29 is 36.5 Å². The van der Waals surface area contributed by atoms with E-state index in [0.717, 1.165) is 11.1 Å². The first-order chi connectivity index (χ1) is 17.4. The molecule has 1 unspecified atom stereocenters. The number of benzene rings is 1. The highest BCUT2D eigenvalue weighted by molar-refractivity contribution is 7.32. The SMILES string of the molecule is Cc1ccn2c(C(=O)Nc3cc(-c4noc(CC[C@](C)(O[PH](=O)O)C(F)(F)F)n4)ccc3C)cnc2c1. The van der Waals surface area contributed by atoms with Crippen LogP contribution in [0.1, 0.15) is 40.9 Å². The zero-order valence-corrected chi connectivity index (χ0v) is 21.0. The molecule has 10 nitrogen and oxygen atoms in total. The lowest BCUT2D eigenvalue weighted by atomic mass is 10.00. The molecule has 0 aliphatic heterocycles. The van der Waals surface area contributed by atoms with Crippen LogP contribution in [0, 0.1) is 13.8 Å². The minimum absolute atomic E-state index is 0.0983. The zero-order chi connectivity index (χ0) is 27.0. The Morgan fingerprint density at radius 3 is 2.70 bits per heavy atom. The fourth-order valence-corrected chi connectivity index (χ4v) is 4.20. The van der Waals surface area contributed by atoms with Gasteiger partial charge in [0.1, 0.15) is 11.3 Å². The molecule has 2 atom stereocenters.